The fourth-order valence-electron chi connectivity index (χ4n) is 5.49. The third kappa shape index (κ3) is 14.0. The van der Waals surface area contributed by atoms with Gasteiger partial charge in [-0.15, -0.1) is 0 Å². The molecule has 2 rings (SSSR count). The standard InChI is InChI=1S/C33H58N2/c1-3-5-7-9-11-13-14-15-16-18-23-27-33-34(28-24-19-17-12-10-8-6-4-2)29-30-35(33)31-32-25-21-20-22-26-32/h20-22,25-26,29-30,33H,3-19,23-24,27-28,31H2,1-2H3. The van der Waals surface area contributed by atoms with Crippen molar-refractivity contribution in [2.75, 3.05) is 6.54 Å². The van der Waals surface area contributed by atoms with E-state index in [9.17, 15) is 0 Å². The van der Waals surface area contributed by atoms with Crippen LogP contribution in [-0.4, -0.2) is 22.5 Å². The lowest BCUT2D eigenvalue weighted by Gasteiger charge is -2.33. The first-order valence-electron chi connectivity index (χ1n) is 15.6. The van der Waals surface area contributed by atoms with Gasteiger partial charge in [0.2, 0.25) is 0 Å². The first-order chi connectivity index (χ1) is 17.3. The molecule has 2 nitrogen and oxygen atoms in total. The third-order valence-electron chi connectivity index (χ3n) is 7.76. The molecule has 1 aliphatic rings. The van der Waals surface area contributed by atoms with Crippen LogP contribution in [0.2, 0.25) is 0 Å². The van der Waals surface area contributed by atoms with E-state index in [2.05, 4.69) is 66.4 Å². The van der Waals surface area contributed by atoms with E-state index in [1.807, 2.05) is 0 Å². The lowest BCUT2D eigenvalue weighted by atomic mass is 10.0. The normalized spacial score (nSPS) is 15.4. The molecular formula is C33H58N2. The molecule has 0 saturated carbocycles. The number of nitrogens with zero attached hydrogens (tertiary/aromatic N) is 2. The Morgan fingerprint density at radius 2 is 0.971 bits per heavy atom. The average molecular weight is 483 g/mol. The zero-order chi connectivity index (χ0) is 24.8. The van der Waals surface area contributed by atoms with Gasteiger partial charge >= 0.3 is 0 Å². The number of benzene rings is 1. The molecule has 35 heavy (non-hydrogen) atoms. The molecule has 0 bridgehead atoms. The van der Waals surface area contributed by atoms with Gasteiger partial charge in [0.05, 0.1) is 0 Å². The molecule has 0 spiro atoms. The first kappa shape index (κ1) is 29.8. The van der Waals surface area contributed by atoms with Gasteiger partial charge in [0.25, 0.3) is 0 Å². The average Bonchev–Trinajstić information content (AvgIpc) is 3.25. The second-order valence-electron chi connectivity index (χ2n) is 11.0. The smallest absolute Gasteiger partial charge is 0.101 e. The molecule has 0 N–H and O–H groups in total. The van der Waals surface area contributed by atoms with Crippen molar-refractivity contribution in [2.45, 2.75) is 155 Å². The van der Waals surface area contributed by atoms with Gasteiger partial charge in [-0.25, -0.2) is 0 Å². The molecule has 0 saturated heterocycles. The molecule has 0 amide bonds. The van der Waals surface area contributed by atoms with Gasteiger partial charge in [-0.1, -0.05) is 153 Å². The van der Waals surface area contributed by atoms with E-state index in [-0.39, 0.29) is 0 Å². The summed E-state index contributed by atoms with van der Waals surface area (Å²) in [7, 11) is 0. The fourth-order valence-corrected chi connectivity index (χ4v) is 5.49. The SMILES string of the molecule is CCCCCCCCCCCCCC1N(CCCCCCCCCC)C=CN1Cc1ccccc1. The van der Waals surface area contributed by atoms with E-state index in [1.54, 1.807) is 0 Å². The molecule has 0 radical (unpaired) electrons. The van der Waals surface area contributed by atoms with E-state index in [0.29, 0.717) is 6.17 Å². The summed E-state index contributed by atoms with van der Waals surface area (Å²) in [5.41, 5.74) is 1.43. The quantitative estimate of drug-likeness (QED) is 0.143. The minimum absolute atomic E-state index is 0.554. The molecule has 200 valence electrons. The van der Waals surface area contributed by atoms with Crippen molar-refractivity contribution >= 4 is 0 Å². The summed E-state index contributed by atoms with van der Waals surface area (Å²) in [6.07, 6.45) is 33.5. The molecule has 0 fully saturated rings. The predicted octanol–water partition coefficient (Wildman–Crippen LogP) is 10.4. The van der Waals surface area contributed by atoms with E-state index in [1.165, 1.54) is 141 Å². The van der Waals surface area contributed by atoms with Crippen LogP contribution in [0.3, 0.4) is 0 Å². The summed E-state index contributed by atoms with van der Waals surface area (Å²) in [4.78, 5) is 5.24. The summed E-state index contributed by atoms with van der Waals surface area (Å²) < 4.78 is 0. The molecule has 1 aliphatic heterocycles. The highest BCUT2D eigenvalue weighted by molar-refractivity contribution is 5.15. The predicted molar refractivity (Wildman–Crippen MR) is 155 cm³/mol. The Hall–Kier alpha value is -1.44. The van der Waals surface area contributed by atoms with Crippen molar-refractivity contribution in [3.05, 3.63) is 48.3 Å². The minimum atomic E-state index is 0.554. The van der Waals surface area contributed by atoms with E-state index in [4.69, 9.17) is 0 Å². The van der Waals surface area contributed by atoms with Crippen LogP contribution in [0.4, 0.5) is 0 Å². The summed E-state index contributed by atoms with van der Waals surface area (Å²) in [6.45, 7) is 6.86. The molecule has 1 unspecified atom stereocenters. The Morgan fingerprint density at radius 3 is 1.51 bits per heavy atom. The van der Waals surface area contributed by atoms with Crippen LogP contribution in [0.1, 0.15) is 148 Å². The maximum atomic E-state index is 2.65. The van der Waals surface area contributed by atoms with Gasteiger partial charge in [0, 0.05) is 25.5 Å². The zero-order valence-electron chi connectivity index (χ0n) is 23.6. The van der Waals surface area contributed by atoms with Gasteiger partial charge in [-0.3, -0.25) is 0 Å². The molecule has 2 heteroatoms. The largest absolute Gasteiger partial charge is 0.356 e. The van der Waals surface area contributed by atoms with Crippen molar-refractivity contribution in [3.63, 3.8) is 0 Å². The second-order valence-corrected chi connectivity index (χ2v) is 11.0. The van der Waals surface area contributed by atoms with E-state index < -0.39 is 0 Å². The topological polar surface area (TPSA) is 6.48 Å². The number of hydrogen-bond donors (Lipinski definition) is 0. The Kier molecular flexibility index (Phi) is 17.6. The molecule has 0 aromatic heterocycles. The summed E-state index contributed by atoms with van der Waals surface area (Å²) >= 11 is 0. The fraction of sp³-hybridized carbons (Fsp3) is 0.758. The third-order valence-corrected chi connectivity index (χ3v) is 7.76. The maximum Gasteiger partial charge on any atom is 0.101 e. The lowest BCUT2D eigenvalue weighted by molar-refractivity contribution is 0.132. The second kappa shape index (κ2) is 20.7. The van der Waals surface area contributed by atoms with Crippen molar-refractivity contribution in [3.8, 4) is 0 Å². The minimum Gasteiger partial charge on any atom is -0.356 e. The molecule has 1 aromatic rings. The highest BCUT2D eigenvalue weighted by atomic mass is 15.4. The lowest BCUT2D eigenvalue weighted by Crippen LogP contribution is -2.38. The monoisotopic (exact) mass is 482 g/mol. The molecule has 1 aromatic carbocycles. The summed E-state index contributed by atoms with van der Waals surface area (Å²) in [5.74, 6) is 0. The van der Waals surface area contributed by atoms with E-state index in [0.717, 1.165) is 6.54 Å². The van der Waals surface area contributed by atoms with Crippen LogP contribution >= 0.6 is 0 Å². The van der Waals surface area contributed by atoms with Gasteiger partial charge < -0.3 is 9.80 Å². The van der Waals surface area contributed by atoms with Crippen molar-refractivity contribution in [2.24, 2.45) is 0 Å². The first-order valence-corrected chi connectivity index (χ1v) is 15.6. The molecule has 1 heterocycles. The Morgan fingerprint density at radius 1 is 0.514 bits per heavy atom. The zero-order valence-corrected chi connectivity index (χ0v) is 23.6. The Bertz CT molecular complexity index is 611. The van der Waals surface area contributed by atoms with Crippen molar-refractivity contribution < 1.29 is 0 Å². The van der Waals surface area contributed by atoms with Crippen LogP contribution in [0.15, 0.2) is 42.7 Å². The number of rotatable bonds is 23. The highest BCUT2D eigenvalue weighted by Crippen LogP contribution is 2.25. The summed E-state index contributed by atoms with van der Waals surface area (Å²) in [6, 6.07) is 11.0. The van der Waals surface area contributed by atoms with Crippen LogP contribution in [0.5, 0.6) is 0 Å². The molecule has 0 aliphatic carbocycles. The van der Waals surface area contributed by atoms with Crippen molar-refractivity contribution in [1.29, 1.82) is 0 Å². The van der Waals surface area contributed by atoms with Crippen molar-refractivity contribution in [1.82, 2.24) is 9.80 Å². The van der Waals surface area contributed by atoms with Gasteiger partial charge in [0.15, 0.2) is 0 Å². The number of unbranched alkanes of at least 4 members (excludes halogenated alkanes) is 17. The Labute approximate surface area is 219 Å². The maximum absolute atomic E-state index is 2.65. The van der Waals surface area contributed by atoms with Gasteiger partial charge in [-0.2, -0.15) is 0 Å². The highest BCUT2D eigenvalue weighted by Gasteiger charge is 2.25. The van der Waals surface area contributed by atoms with Crippen LogP contribution in [0, 0.1) is 0 Å². The summed E-state index contributed by atoms with van der Waals surface area (Å²) in [5, 5.41) is 0. The van der Waals surface area contributed by atoms with E-state index >= 15 is 0 Å². The van der Waals surface area contributed by atoms with Crippen LogP contribution in [0.25, 0.3) is 0 Å². The van der Waals surface area contributed by atoms with Crippen LogP contribution in [-0.2, 0) is 6.54 Å². The molecular weight excluding hydrogens is 424 g/mol. The van der Waals surface area contributed by atoms with Gasteiger partial charge in [-0.05, 0) is 24.8 Å². The Balaban J connectivity index is 1.65. The van der Waals surface area contributed by atoms with Crippen LogP contribution < -0.4 is 0 Å². The number of hydrogen-bond acceptors (Lipinski definition) is 2. The molecule has 1 atom stereocenters. The van der Waals surface area contributed by atoms with Gasteiger partial charge in [0.1, 0.15) is 6.17 Å².